The van der Waals surface area contributed by atoms with Gasteiger partial charge in [0.15, 0.2) is 0 Å². The van der Waals surface area contributed by atoms with Crippen LogP contribution in [-0.2, 0) is 4.74 Å². The largest absolute Gasteiger partial charge is 0.494 e. The molecule has 0 saturated carbocycles. The molecule has 0 aromatic carbocycles. The fraction of sp³-hybridized carbons (Fsp3) is 0.316. The number of nitrogens with one attached hydrogen (secondary N) is 2. The number of carbonyl (C=O) groups is 1. The van der Waals surface area contributed by atoms with Gasteiger partial charge in [0.25, 0.3) is 5.91 Å². The number of aryl methyl sites for hydroxylation is 1. The zero-order valence-corrected chi connectivity index (χ0v) is 18.0. The normalized spacial score (nSPS) is 12.8. The lowest BCUT2D eigenvalue weighted by Crippen LogP contribution is -2.14. The first kappa shape index (κ1) is 21.9. The molecule has 0 spiro atoms. The van der Waals surface area contributed by atoms with E-state index in [9.17, 15) is 9.59 Å². The van der Waals surface area contributed by atoms with Gasteiger partial charge in [-0.2, -0.15) is 0 Å². The van der Waals surface area contributed by atoms with Gasteiger partial charge in [-0.05, 0) is 43.2 Å². The molecule has 1 aliphatic heterocycles. The molecule has 4 heterocycles. The van der Waals surface area contributed by atoms with Crippen molar-refractivity contribution in [3.8, 4) is 16.9 Å². The van der Waals surface area contributed by atoms with Gasteiger partial charge in [0.1, 0.15) is 10.9 Å². The minimum Gasteiger partial charge on any atom is -0.494 e. The summed E-state index contributed by atoms with van der Waals surface area (Å²) in [5.74, 6) is 0.00807. The van der Waals surface area contributed by atoms with E-state index in [1.54, 1.807) is 19.1 Å². The molecule has 1 fully saturated rings. The summed E-state index contributed by atoms with van der Waals surface area (Å²) >= 11 is 6.79. The van der Waals surface area contributed by atoms with Crippen molar-refractivity contribution < 1.29 is 14.3 Å². The number of rotatable bonds is 4. The van der Waals surface area contributed by atoms with Crippen molar-refractivity contribution in [3.63, 3.8) is 0 Å². The minimum absolute atomic E-state index is 0.168. The summed E-state index contributed by atoms with van der Waals surface area (Å²) in [6.07, 6.45) is 5.48. The van der Waals surface area contributed by atoms with E-state index in [-0.39, 0.29) is 20.7 Å². The zero-order valence-electron chi connectivity index (χ0n) is 16.4. The van der Waals surface area contributed by atoms with Crippen molar-refractivity contribution in [3.05, 3.63) is 50.6 Å². The Morgan fingerprint density at radius 3 is 2.60 bits per heavy atom. The molecule has 1 aliphatic rings. The number of methoxy groups -OCH3 is 1. The second kappa shape index (κ2) is 10.3. The SMILES string of the molecule is C1CCOC1.COc1cnc(Cl)cc1-c1cc(C)ncc1C(=O)Nc1n[nH]c(=O)s1. The summed E-state index contributed by atoms with van der Waals surface area (Å²) in [6, 6.07) is 3.36. The molecule has 0 radical (unpaired) electrons. The van der Waals surface area contributed by atoms with Gasteiger partial charge in [0, 0.05) is 36.2 Å². The first-order chi connectivity index (χ1) is 14.5. The first-order valence-corrected chi connectivity index (χ1v) is 10.3. The Balaban J connectivity index is 0.000000448. The Morgan fingerprint density at radius 1 is 1.23 bits per heavy atom. The molecule has 4 rings (SSSR count). The second-order valence-corrected chi connectivity index (χ2v) is 7.62. The maximum atomic E-state index is 12.6. The Hall–Kier alpha value is -2.82. The fourth-order valence-electron chi connectivity index (χ4n) is 2.71. The highest BCUT2D eigenvalue weighted by Crippen LogP contribution is 2.34. The van der Waals surface area contributed by atoms with Crippen molar-refractivity contribution in [1.82, 2.24) is 20.2 Å². The van der Waals surface area contributed by atoms with Gasteiger partial charge in [-0.1, -0.05) is 11.6 Å². The molecule has 9 nitrogen and oxygen atoms in total. The van der Waals surface area contributed by atoms with E-state index >= 15 is 0 Å². The molecule has 0 bridgehead atoms. The number of nitrogens with zero attached hydrogens (tertiary/aromatic N) is 3. The van der Waals surface area contributed by atoms with Gasteiger partial charge in [-0.25, -0.2) is 10.1 Å². The predicted octanol–water partition coefficient (Wildman–Crippen LogP) is 3.31. The van der Waals surface area contributed by atoms with Crippen LogP contribution in [0.5, 0.6) is 5.75 Å². The maximum absolute atomic E-state index is 12.6. The number of hydrogen-bond acceptors (Lipinski definition) is 8. The number of H-pyrrole nitrogens is 1. The van der Waals surface area contributed by atoms with E-state index < -0.39 is 5.91 Å². The van der Waals surface area contributed by atoms with Crippen LogP contribution in [0.4, 0.5) is 5.13 Å². The first-order valence-electron chi connectivity index (χ1n) is 9.09. The summed E-state index contributed by atoms with van der Waals surface area (Å²) in [5.41, 5.74) is 2.18. The minimum atomic E-state index is -0.458. The lowest BCUT2D eigenvalue weighted by Gasteiger charge is -2.13. The van der Waals surface area contributed by atoms with Crippen LogP contribution in [0.25, 0.3) is 11.1 Å². The third-order valence-electron chi connectivity index (χ3n) is 4.12. The van der Waals surface area contributed by atoms with Crippen LogP contribution < -0.4 is 14.9 Å². The number of carbonyl (C=O) groups excluding carboxylic acids is 1. The summed E-state index contributed by atoms with van der Waals surface area (Å²) < 4.78 is 10.3. The summed E-state index contributed by atoms with van der Waals surface area (Å²) in [5, 5.41) is 8.97. The van der Waals surface area contributed by atoms with Gasteiger partial charge in [-0.3, -0.25) is 19.9 Å². The van der Waals surface area contributed by atoms with Gasteiger partial charge in [0.2, 0.25) is 5.13 Å². The molecule has 3 aromatic rings. The Morgan fingerprint density at radius 2 is 2.00 bits per heavy atom. The number of halogens is 1. The van der Waals surface area contributed by atoms with E-state index in [2.05, 4.69) is 25.5 Å². The number of ether oxygens (including phenoxy) is 2. The Labute approximate surface area is 181 Å². The Kier molecular flexibility index (Phi) is 7.50. The lowest BCUT2D eigenvalue weighted by atomic mass is 10.0. The van der Waals surface area contributed by atoms with E-state index in [4.69, 9.17) is 21.1 Å². The fourth-order valence-corrected chi connectivity index (χ4v) is 3.37. The van der Waals surface area contributed by atoms with Gasteiger partial charge in [0.05, 0.1) is 18.9 Å². The average Bonchev–Trinajstić information content (AvgIpc) is 3.43. The van der Waals surface area contributed by atoms with E-state index in [0.717, 1.165) is 24.6 Å². The van der Waals surface area contributed by atoms with Crippen LogP contribution in [0.1, 0.15) is 28.9 Å². The summed E-state index contributed by atoms with van der Waals surface area (Å²) in [7, 11) is 1.50. The molecule has 1 saturated heterocycles. The number of aromatic amines is 1. The van der Waals surface area contributed by atoms with Crippen molar-refractivity contribution in [2.45, 2.75) is 19.8 Å². The summed E-state index contributed by atoms with van der Waals surface area (Å²) in [6.45, 7) is 3.81. The van der Waals surface area contributed by atoms with Gasteiger partial charge >= 0.3 is 4.87 Å². The highest BCUT2D eigenvalue weighted by atomic mass is 35.5. The van der Waals surface area contributed by atoms with Crippen molar-refractivity contribution in [1.29, 1.82) is 0 Å². The molecule has 11 heteroatoms. The molecule has 0 unspecified atom stereocenters. The van der Waals surface area contributed by atoms with Crippen LogP contribution in [0.15, 0.2) is 29.3 Å². The number of aromatic nitrogens is 4. The molecule has 2 N–H and O–H groups in total. The quantitative estimate of drug-likeness (QED) is 0.586. The second-order valence-electron chi connectivity index (χ2n) is 6.27. The summed E-state index contributed by atoms with van der Waals surface area (Å²) in [4.78, 5) is 31.6. The lowest BCUT2D eigenvalue weighted by molar-refractivity contribution is 0.102. The van der Waals surface area contributed by atoms with Crippen LogP contribution in [0.3, 0.4) is 0 Å². The van der Waals surface area contributed by atoms with Crippen LogP contribution >= 0.6 is 22.9 Å². The average molecular weight is 450 g/mol. The third kappa shape index (κ3) is 5.62. The molecule has 0 atom stereocenters. The van der Waals surface area contributed by atoms with Crippen LogP contribution in [0.2, 0.25) is 5.15 Å². The van der Waals surface area contributed by atoms with Crippen LogP contribution in [0, 0.1) is 6.92 Å². The smallest absolute Gasteiger partial charge is 0.324 e. The maximum Gasteiger partial charge on any atom is 0.324 e. The van der Waals surface area contributed by atoms with Gasteiger partial charge in [-0.15, -0.1) is 5.10 Å². The predicted molar refractivity (Wildman–Crippen MR) is 115 cm³/mol. The van der Waals surface area contributed by atoms with Crippen molar-refractivity contribution in [2.75, 3.05) is 25.6 Å². The standard InChI is InChI=1S/C15H12ClN5O3S.C4H8O/c1-7-3-8(9-4-12(16)18-6-11(9)24-2)10(5-17-7)13(22)19-14-20-21-15(23)25-14;1-2-4-5-3-1/h3-6H,1-2H3,(H,21,23)(H,19,20,22);1-4H2. The van der Waals surface area contributed by atoms with E-state index in [1.165, 1.54) is 32.3 Å². The molecular weight excluding hydrogens is 430 g/mol. The number of amides is 1. The Bertz CT molecular complexity index is 1070. The van der Waals surface area contributed by atoms with E-state index in [0.29, 0.717) is 22.6 Å². The van der Waals surface area contributed by atoms with Crippen molar-refractivity contribution >= 4 is 34.0 Å². The molecular formula is C19H20ClN5O4S. The third-order valence-corrected chi connectivity index (χ3v) is 4.99. The highest BCUT2D eigenvalue weighted by Gasteiger charge is 2.19. The van der Waals surface area contributed by atoms with Gasteiger partial charge < -0.3 is 9.47 Å². The topological polar surface area (TPSA) is 119 Å². The highest BCUT2D eigenvalue weighted by molar-refractivity contribution is 7.13. The molecule has 1 amide bonds. The number of anilines is 1. The molecule has 0 aliphatic carbocycles. The number of hydrogen-bond donors (Lipinski definition) is 2. The van der Waals surface area contributed by atoms with Crippen LogP contribution in [-0.4, -0.2) is 46.4 Å². The molecule has 158 valence electrons. The zero-order chi connectivity index (χ0) is 21.5. The van der Waals surface area contributed by atoms with E-state index in [1.807, 2.05) is 0 Å². The monoisotopic (exact) mass is 449 g/mol. The molecule has 30 heavy (non-hydrogen) atoms. The van der Waals surface area contributed by atoms with Crippen molar-refractivity contribution in [2.24, 2.45) is 0 Å². The number of pyridine rings is 2. The molecule has 3 aromatic heterocycles.